The molecule has 0 saturated carbocycles. The molecule has 4 bridgehead atoms. The van der Waals surface area contributed by atoms with Crippen LogP contribution >= 0.6 is 0 Å². The van der Waals surface area contributed by atoms with Gasteiger partial charge in [-0.05, 0) is 36.1 Å². The minimum Gasteiger partial charge on any atom is -0.507 e. The lowest BCUT2D eigenvalue weighted by Gasteiger charge is -2.10. The Morgan fingerprint density at radius 3 is 1.57 bits per heavy atom. The van der Waals surface area contributed by atoms with E-state index in [0.717, 1.165) is 11.1 Å². The van der Waals surface area contributed by atoms with Crippen molar-refractivity contribution in [3.63, 3.8) is 0 Å². The van der Waals surface area contributed by atoms with Gasteiger partial charge in [0.15, 0.2) is 0 Å². The molecule has 0 atom stereocenters. The Balaban J connectivity index is 1.72. The van der Waals surface area contributed by atoms with Crippen LogP contribution in [-0.4, -0.2) is 62.2 Å². The molecule has 0 unspecified atom stereocenters. The summed E-state index contributed by atoms with van der Waals surface area (Å²) in [5.41, 5.74) is 3.05. The second kappa shape index (κ2) is 10.6. The average Bonchev–Trinajstić information content (AvgIpc) is 2.70. The molecular weight excluding hydrogens is 356 g/mol. The van der Waals surface area contributed by atoms with E-state index in [1.54, 1.807) is 12.4 Å². The standard InChI is InChI=1S/C22H26N2O4/c25-21-17-3-1-5-19(21)15-23-9-10-24-16-20-6-2-4-18(22(20)26)8-12-28-14-13-27-11-7-17/h1-6,15-16,25-26H,7-14H2. The van der Waals surface area contributed by atoms with Gasteiger partial charge in [0.1, 0.15) is 11.5 Å². The molecule has 1 heterocycles. The predicted octanol–water partition coefficient (Wildman–Crippen LogP) is 2.77. The van der Waals surface area contributed by atoms with Gasteiger partial charge in [0.05, 0.1) is 39.5 Å². The molecule has 0 fully saturated rings. The second-order valence-corrected chi connectivity index (χ2v) is 6.51. The van der Waals surface area contributed by atoms with Gasteiger partial charge in [0.25, 0.3) is 0 Å². The highest BCUT2D eigenvalue weighted by Gasteiger charge is 2.07. The Morgan fingerprint density at radius 1 is 0.643 bits per heavy atom. The predicted molar refractivity (Wildman–Crippen MR) is 110 cm³/mol. The summed E-state index contributed by atoms with van der Waals surface area (Å²) in [6, 6.07) is 11.2. The molecule has 6 nitrogen and oxygen atoms in total. The molecule has 1 aliphatic rings. The molecule has 0 saturated heterocycles. The van der Waals surface area contributed by atoms with E-state index in [4.69, 9.17) is 9.47 Å². The second-order valence-electron chi connectivity index (χ2n) is 6.51. The zero-order valence-corrected chi connectivity index (χ0v) is 15.9. The van der Waals surface area contributed by atoms with Crippen LogP contribution in [0.1, 0.15) is 22.3 Å². The number of ether oxygens (including phenoxy) is 2. The highest BCUT2D eigenvalue weighted by atomic mass is 16.5. The summed E-state index contributed by atoms with van der Waals surface area (Å²) < 4.78 is 11.2. The van der Waals surface area contributed by atoms with Crippen molar-refractivity contribution >= 4 is 12.4 Å². The molecule has 0 radical (unpaired) electrons. The van der Waals surface area contributed by atoms with Gasteiger partial charge in [-0.15, -0.1) is 0 Å². The molecule has 0 aliphatic carbocycles. The molecule has 2 aromatic carbocycles. The van der Waals surface area contributed by atoms with Crippen molar-refractivity contribution in [1.29, 1.82) is 0 Å². The summed E-state index contributed by atoms with van der Waals surface area (Å²) in [6.07, 6.45) is 4.58. The van der Waals surface area contributed by atoms with E-state index in [1.165, 1.54) is 0 Å². The fraction of sp³-hybridized carbons (Fsp3) is 0.364. The van der Waals surface area contributed by atoms with E-state index < -0.39 is 0 Å². The molecule has 0 aromatic heterocycles. The lowest BCUT2D eigenvalue weighted by atomic mass is 10.1. The Hall–Kier alpha value is -2.70. The summed E-state index contributed by atoms with van der Waals surface area (Å²) in [6.45, 7) is 2.99. The number of aromatic hydroxyl groups is 2. The summed E-state index contributed by atoms with van der Waals surface area (Å²) in [5, 5.41) is 20.8. The molecule has 2 aromatic rings. The number of para-hydroxylation sites is 2. The first-order chi connectivity index (χ1) is 13.8. The Bertz CT molecular complexity index is 764. The minimum absolute atomic E-state index is 0.241. The molecule has 1 aliphatic heterocycles. The third-order valence-electron chi connectivity index (χ3n) is 4.52. The van der Waals surface area contributed by atoms with Crippen LogP contribution in [-0.2, 0) is 22.3 Å². The molecule has 0 spiro atoms. The number of benzene rings is 2. The van der Waals surface area contributed by atoms with E-state index in [0.29, 0.717) is 63.5 Å². The summed E-state index contributed by atoms with van der Waals surface area (Å²) in [7, 11) is 0. The van der Waals surface area contributed by atoms with Gasteiger partial charge in [-0.3, -0.25) is 9.98 Å². The molecule has 0 amide bonds. The summed E-state index contributed by atoms with van der Waals surface area (Å²) >= 11 is 0. The van der Waals surface area contributed by atoms with Crippen LogP contribution in [0, 0.1) is 0 Å². The van der Waals surface area contributed by atoms with Crippen LogP contribution in [0.3, 0.4) is 0 Å². The Labute approximate surface area is 165 Å². The van der Waals surface area contributed by atoms with Crippen LogP contribution in [0.2, 0.25) is 0 Å². The topological polar surface area (TPSA) is 83.6 Å². The third kappa shape index (κ3) is 5.65. The first-order valence-corrected chi connectivity index (χ1v) is 9.52. The van der Waals surface area contributed by atoms with Gasteiger partial charge in [-0.1, -0.05) is 24.3 Å². The SMILES string of the molecule is Oc1c2cccc1CCOCCOCCc1cccc(c1O)C=NCCN=C2. The minimum atomic E-state index is 0.241. The molecule has 28 heavy (non-hydrogen) atoms. The monoisotopic (exact) mass is 382 g/mol. The maximum atomic E-state index is 10.4. The number of fused-ring (bicyclic) bond motifs is 4. The highest BCUT2D eigenvalue weighted by molar-refractivity contribution is 5.85. The maximum Gasteiger partial charge on any atom is 0.127 e. The van der Waals surface area contributed by atoms with Gasteiger partial charge in [0, 0.05) is 23.6 Å². The van der Waals surface area contributed by atoms with Gasteiger partial charge in [-0.2, -0.15) is 0 Å². The van der Waals surface area contributed by atoms with E-state index in [2.05, 4.69) is 9.98 Å². The summed E-state index contributed by atoms with van der Waals surface area (Å²) in [4.78, 5) is 8.68. The fourth-order valence-corrected chi connectivity index (χ4v) is 2.96. The first-order valence-electron chi connectivity index (χ1n) is 9.52. The van der Waals surface area contributed by atoms with E-state index in [9.17, 15) is 10.2 Å². The number of hydrogen-bond acceptors (Lipinski definition) is 6. The molecule has 6 heteroatoms. The van der Waals surface area contributed by atoms with Crippen molar-refractivity contribution in [2.45, 2.75) is 12.8 Å². The van der Waals surface area contributed by atoms with Crippen molar-refractivity contribution in [2.24, 2.45) is 9.98 Å². The number of aliphatic imine (C=N–C) groups is 2. The van der Waals surface area contributed by atoms with Crippen LogP contribution in [0.5, 0.6) is 11.5 Å². The van der Waals surface area contributed by atoms with Crippen LogP contribution in [0.25, 0.3) is 0 Å². The number of phenols is 2. The van der Waals surface area contributed by atoms with E-state index in [-0.39, 0.29) is 11.5 Å². The van der Waals surface area contributed by atoms with Crippen LogP contribution < -0.4 is 0 Å². The first kappa shape index (κ1) is 20.0. The highest BCUT2D eigenvalue weighted by Crippen LogP contribution is 2.22. The van der Waals surface area contributed by atoms with Crippen molar-refractivity contribution in [3.05, 3.63) is 58.7 Å². The molecule has 3 rings (SSSR count). The van der Waals surface area contributed by atoms with Crippen molar-refractivity contribution < 1.29 is 19.7 Å². The number of rotatable bonds is 0. The zero-order valence-electron chi connectivity index (χ0n) is 15.9. The van der Waals surface area contributed by atoms with E-state index >= 15 is 0 Å². The number of hydrogen-bond donors (Lipinski definition) is 2. The van der Waals surface area contributed by atoms with Gasteiger partial charge >= 0.3 is 0 Å². The smallest absolute Gasteiger partial charge is 0.127 e. The van der Waals surface area contributed by atoms with Crippen LogP contribution in [0.4, 0.5) is 0 Å². The maximum absolute atomic E-state index is 10.4. The van der Waals surface area contributed by atoms with Crippen molar-refractivity contribution in [3.8, 4) is 11.5 Å². The number of nitrogens with zero attached hydrogens (tertiary/aromatic N) is 2. The third-order valence-corrected chi connectivity index (χ3v) is 4.52. The normalized spacial score (nSPS) is 16.6. The van der Waals surface area contributed by atoms with E-state index in [1.807, 2.05) is 36.4 Å². The quantitative estimate of drug-likeness (QED) is 0.734. The van der Waals surface area contributed by atoms with Crippen molar-refractivity contribution in [2.75, 3.05) is 39.5 Å². The van der Waals surface area contributed by atoms with Crippen LogP contribution in [0.15, 0.2) is 46.4 Å². The largest absolute Gasteiger partial charge is 0.507 e. The molecular formula is C22H26N2O4. The fourth-order valence-electron chi connectivity index (χ4n) is 2.96. The van der Waals surface area contributed by atoms with Crippen molar-refractivity contribution in [1.82, 2.24) is 0 Å². The number of phenolic OH excluding ortho intramolecular Hbond substituents is 2. The summed E-state index contributed by atoms with van der Waals surface area (Å²) in [5.74, 6) is 0.483. The lowest BCUT2D eigenvalue weighted by molar-refractivity contribution is 0.0498. The lowest BCUT2D eigenvalue weighted by Crippen LogP contribution is -2.09. The van der Waals surface area contributed by atoms with Gasteiger partial charge in [0.2, 0.25) is 0 Å². The molecule has 148 valence electrons. The molecule has 2 N–H and O–H groups in total. The van der Waals surface area contributed by atoms with Gasteiger partial charge in [-0.25, -0.2) is 0 Å². The van der Waals surface area contributed by atoms with Gasteiger partial charge < -0.3 is 19.7 Å². The zero-order chi connectivity index (χ0) is 19.6. The Morgan fingerprint density at radius 2 is 1.11 bits per heavy atom. The Kier molecular flexibility index (Phi) is 7.58. The average molecular weight is 382 g/mol.